The minimum atomic E-state index is -1.41. The van der Waals surface area contributed by atoms with Crippen molar-refractivity contribution in [3.8, 4) is 11.1 Å². The Bertz CT molecular complexity index is 973. The molecule has 8 heteroatoms. The molecule has 1 aliphatic rings. The van der Waals surface area contributed by atoms with Gasteiger partial charge in [-0.1, -0.05) is 72.9 Å². The summed E-state index contributed by atoms with van der Waals surface area (Å²) in [7, 11) is 0. The summed E-state index contributed by atoms with van der Waals surface area (Å²) in [6.07, 6.45) is 2.56. The van der Waals surface area contributed by atoms with Crippen molar-refractivity contribution in [2.24, 2.45) is 5.11 Å². The number of hydrogen-bond donors (Lipinski definition) is 2. The number of rotatable bonds is 11. The Morgan fingerprint density at radius 3 is 2.25 bits per heavy atom. The van der Waals surface area contributed by atoms with E-state index in [0.29, 0.717) is 13.0 Å². The number of amides is 1. The summed E-state index contributed by atoms with van der Waals surface area (Å²) < 4.78 is 5.50. The fraction of sp³-hybridized carbons (Fsp3) is 0.417. The molecule has 32 heavy (non-hydrogen) atoms. The lowest BCUT2D eigenvalue weighted by Gasteiger charge is -2.26. The number of carbonyl (C=O) groups is 2. The summed E-state index contributed by atoms with van der Waals surface area (Å²) in [6.45, 7) is 2.07. The molecule has 0 fully saturated rings. The topological polar surface area (TPSA) is 124 Å². The Kier molecular flexibility index (Phi) is 7.73. The third kappa shape index (κ3) is 5.39. The number of hydrogen-bond acceptors (Lipinski definition) is 4. The zero-order chi connectivity index (χ0) is 23.0. The van der Waals surface area contributed by atoms with Crippen LogP contribution >= 0.6 is 0 Å². The van der Waals surface area contributed by atoms with Crippen molar-refractivity contribution < 1.29 is 19.4 Å². The molecule has 0 saturated heterocycles. The lowest BCUT2D eigenvalue weighted by molar-refractivity contribution is -0.144. The van der Waals surface area contributed by atoms with Gasteiger partial charge in [-0.15, -0.1) is 0 Å². The molecular weight excluding hydrogens is 408 g/mol. The normalized spacial score (nSPS) is 13.9. The molecule has 2 aromatic carbocycles. The van der Waals surface area contributed by atoms with Crippen LogP contribution in [0.5, 0.6) is 0 Å². The number of unbranched alkanes of at least 4 members (excludes halogenated alkanes) is 3. The molecular formula is C24H28N4O4. The number of ether oxygens (including phenoxy) is 1. The van der Waals surface area contributed by atoms with Crippen molar-refractivity contribution in [2.75, 3.05) is 13.2 Å². The predicted octanol–water partition coefficient (Wildman–Crippen LogP) is 5.63. The Morgan fingerprint density at radius 2 is 1.66 bits per heavy atom. The van der Waals surface area contributed by atoms with Crippen LogP contribution < -0.4 is 5.32 Å². The lowest BCUT2D eigenvalue weighted by Crippen LogP contribution is -2.52. The van der Waals surface area contributed by atoms with Gasteiger partial charge in [0.2, 0.25) is 0 Å². The van der Waals surface area contributed by atoms with Gasteiger partial charge in [0.15, 0.2) is 0 Å². The van der Waals surface area contributed by atoms with E-state index in [2.05, 4.69) is 27.5 Å². The van der Waals surface area contributed by atoms with E-state index in [0.717, 1.165) is 41.5 Å². The van der Waals surface area contributed by atoms with Crippen molar-refractivity contribution >= 4 is 12.1 Å². The van der Waals surface area contributed by atoms with Crippen LogP contribution in [0.2, 0.25) is 0 Å². The molecule has 0 aliphatic heterocycles. The van der Waals surface area contributed by atoms with E-state index in [-0.39, 0.29) is 18.9 Å². The lowest BCUT2D eigenvalue weighted by atomic mass is 9.94. The molecule has 8 nitrogen and oxygen atoms in total. The second-order valence-electron chi connectivity index (χ2n) is 8.21. The Morgan fingerprint density at radius 1 is 1.06 bits per heavy atom. The minimum absolute atomic E-state index is 0.0831. The van der Waals surface area contributed by atoms with E-state index in [1.54, 1.807) is 0 Å². The summed E-state index contributed by atoms with van der Waals surface area (Å²) in [6, 6.07) is 16.1. The minimum Gasteiger partial charge on any atom is -0.480 e. The van der Waals surface area contributed by atoms with E-state index >= 15 is 0 Å². The molecule has 0 saturated carbocycles. The van der Waals surface area contributed by atoms with Crippen LogP contribution in [0.15, 0.2) is 53.6 Å². The van der Waals surface area contributed by atoms with Crippen LogP contribution in [0.3, 0.4) is 0 Å². The van der Waals surface area contributed by atoms with Gasteiger partial charge >= 0.3 is 12.1 Å². The first-order valence-corrected chi connectivity index (χ1v) is 10.8. The summed E-state index contributed by atoms with van der Waals surface area (Å²) >= 11 is 0. The average Bonchev–Trinajstić information content (AvgIpc) is 3.11. The number of aliphatic carboxylic acids is 1. The number of carboxylic acid groups (broad SMARTS) is 1. The van der Waals surface area contributed by atoms with Crippen LogP contribution in [0.4, 0.5) is 4.79 Å². The number of fused-ring (bicyclic) bond motifs is 3. The van der Waals surface area contributed by atoms with Crippen LogP contribution in [0.1, 0.15) is 56.1 Å². The number of nitrogens with one attached hydrogen (secondary N) is 1. The van der Waals surface area contributed by atoms with Gasteiger partial charge in [-0.2, -0.15) is 0 Å². The molecule has 0 unspecified atom stereocenters. The van der Waals surface area contributed by atoms with Crippen molar-refractivity contribution in [3.63, 3.8) is 0 Å². The summed E-state index contributed by atoms with van der Waals surface area (Å²) in [5, 5.41) is 15.7. The summed E-state index contributed by atoms with van der Waals surface area (Å²) in [4.78, 5) is 27.0. The van der Waals surface area contributed by atoms with Gasteiger partial charge < -0.3 is 15.2 Å². The molecule has 1 aliphatic carbocycles. The van der Waals surface area contributed by atoms with Gasteiger partial charge in [0.05, 0.1) is 0 Å². The highest BCUT2D eigenvalue weighted by atomic mass is 16.5. The van der Waals surface area contributed by atoms with Crippen LogP contribution in [-0.4, -0.2) is 35.9 Å². The molecule has 0 heterocycles. The van der Waals surface area contributed by atoms with Crippen LogP contribution in [0.25, 0.3) is 21.6 Å². The largest absolute Gasteiger partial charge is 0.480 e. The maximum Gasteiger partial charge on any atom is 0.408 e. The number of benzene rings is 2. The van der Waals surface area contributed by atoms with Crippen molar-refractivity contribution in [3.05, 3.63) is 70.1 Å². The Labute approximate surface area is 187 Å². The van der Waals surface area contributed by atoms with Gasteiger partial charge in [0, 0.05) is 17.4 Å². The molecule has 1 atom stereocenters. The molecule has 0 bridgehead atoms. The number of carboxylic acids is 1. The Hall–Kier alpha value is -3.51. The van der Waals surface area contributed by atoms with Crippen molar-refractivity contribution in [1.29, 1.82) is 0 Å². The van der Waals surface area contributed by atoms with Gasteiger partial charge in [-0.3, -0.25) is 0 Å². The standard InChI is InChI=1S/C24H28N4O4/c1-24(22(29)30,14-8-2-3-9-15-26-28-25)27-23(31)32-16-21-19-12-6-4-10-17(19)18-11-5-7-13-20(18)21/h4-7,10-13,21H,2-3,8-9,14-16H2,1H3,(H,27,31)(H,29,30)/t24-/m1/s1. The highest BCUT2D eigenvalue weighted by molar-refractivity contribution is 5.84. The predicted molar refractivity (Wildman–Crippen MR) is 121 cm³/mol. The summed E-state index contributed by atoms with van der Waals surface area (Å²) in [5.41, 5.74) is 11.3. The van der Waals surface area contributed by atoms with E-state index in [1.165, 1.54) is 6.92 Å². The highest BCUT2D eigenvalue weighted by Crippen LogP contribution is 2.44. The molecule has 2 aromatic rings. The average molecular weight is 437 g/mol. The summed E-state index contributed by atoms with van der Waals surface area (Å²) in [5.74, 6) is -1.18. The fourth-order valence-electron chi connectivity index (χ4n) is 4.14. The number of carbonyl (C=O) groups excluding carboxylic acids is 1. The van der Waals surface area contributed by atoms with Gasteiger partial charge in [0.25, 0.3) is 0 Å². The molecule has 2 N–H and O–H groups in total. The molecule has 0 spiro atoms. The second-order valence-corrected chi connectivity index (χ2v) is 8.21. The quantitative estimate of drug-likeness (QED) is 0.205. The third-order valence-electron chi connectivity index (χ3n) is 5.94. The zero-order valence-electron chi connectivity index (χ0n) is 18.2. The second kappa shape index (κ2) is 10.7. The van der Waals surface area contributed by atoms with Gasteiger partial charge in [0.1, 0.15) is 12.1 Å². The first kappa shape index (κ1) is 23.2. The SMILES string of the molecule is C[C@](CCCCCCN=[N+]=[N-])(NC(=O)OCC1c2ccccc2-c2ccccc21)C(=O)O. The smallest absolute Gasteiger partial charge is 0.408 e. The van der Waals surface area contributed by atoms with Crippen molar-refractivity contribution in [2.45, 2.75) is 50.5 Å². The maximum atomic E-state index is 12.5. The molecule has 1 amide bonds. The first-order chi connectivity index (χ1) is 15.5. The van der Waals surface area contributed by atoms with Gasteiger partial charge in [-0.25, -0.2) is 9.59 Å². The van der Waals surface area contributed by atoms with E-state index < -0.39 is 17.6 Å². The molecule has 3 rings (SSSR count). The fourth-order valence-corrected chi connectivity index (χ4v) is 4.14. The molecule has 168 valence electrons. The maximum absolute atomic E-state index is 12.5. The van der Waals surface area contributed by atoms with Gasteiger partial charge in [-0.05, 0) is 47.6 Å². The van der Waals surface area contributed by atoms with E-state index in [4.69, 9.17) is 10.3 Å². The number of alkyl carbamates (subject to hydrolysis) is 1. The third-order valence-corrected chi connectivity index (χ3v) is 5.94. The number of nitrogens with zero attached hydrogens (tertiary/aromatic N) is 3. The monoisotopic (exact) mass is 436 g/mol. The van der Waals surface area contributed by atoms with E-state index in [1.807, 2.05) is 36.4 Å². The molecule has 0 aromatic heterocycles. The van der Waals surface area contributed by atoms with Crippen LogP contribution in [-0.2, 0) is 9.53 Å². The van der Waals surface area contributed by atoms with Crippen LogP contribution in [0, 0.1) is 0 Å². The molecule has 0 radical (unpaired) electrons. The Balaban J connectivity index is 1.56. The highest BCUT2D eigenvalue weighted by Gasteiger charge is 2.35. The zero-order valence-corrected chi connectivity index (χ0v) is 18.2. The first-order valence-electron chi connectivity index (χ1n) is 10.8. The van der Waals surface area contributed by atoms with Crippen molar-refractivity contribution in [1.82, 2.24) is 5.32 Å². The number of azide groups is 1. The van der Waals surface area contributed by atoms with E-state index in [9.17, 15) is 14.7 Å².